The second kappa shape index (κ2) is 7.69. The second-order valence-electron chi connectivity index (χ2n) is 6.03. The Morgan fingerprint density at radius 3 is 2.70 bits per heavy atom. The highest BCUT2D eigenvalue weighted by molar-refractivity contribution is 7.14. The first kappa shape index (κ1) is 18.0. The van der Waals surface area contributed by atoms with Crippen LogP contribution in [0.4, 0.5) is 5.13 Å². The number of anilines is 1. The van der Waals surface area contributed by atoms with Crippen molar-refractivity contribution in [2.75, 3.05) is 5.32 Å². The number of aromatic nitrogens is 1. The van der Waals surface area contributed by atoms with Gasteiger partial charge in [-0.25, -0.2) is 4.98 Å². The quantitative estimate of drug-likeness (QED) is 0.418. The normalized spacial score (nSPS) is 10.9. The van der Waals surface area contributed by atoms with Gasteiger partial charge in [0.25, 0.3) is 0 Å². The van der Waals surface area contributed by atoms with Crippen molar-refractivity contribution in [3.05, 3.63) is 81.7 Å². The molecule has 1 N–H and O–H groups in total. The summed E-state index contributed by atoms with van der Waals surface area (Å²) in [6.45, 7) is 0. The molecule has 4 aromatic rings. The largest absolute Gasteiger partial charge is 0.302 e. The molecule has 0 fully saturated rings. The summed E-state index contributed by atoms with van der Waals surface area (Å²) in [5, 5.41) is 8.59. The Hall–Kier alpha value is -2.40. The third-order valence-corrected chi connectivity index (χ3v) is 5.49. The Balaban J connectivity index is 1.51. The van der Waals surface area contributed by atoms with Gasteiger partial charge in [-0.05, 0) is 34.5 Å². The van der Waals surface area contributed by atoms with E-state index in [1.54, 1.807) is 12.1 Å². The van der Waals surface area contributed by atoms with E-state index in [-0.39, 0.29) is 12.3 Å². The summed E-state index contributed by atoms with van der Waals surface area (Å²) in [7, 11) is 0. The first-order valence-electron chi connectivity index (χ1n) is 8.27. The molecule has 134 valence electrons. The molecule has 0 spiro atoms. The van der Waals surface area contributed by atoms with Crippen LogP contribution >= 0.6 is 34.5 Å². The zero-order valence-electron chi connectivity index (χ0n) is 14.1. The van der Waals surface area contributed by atoms with Gasteiger partial charge in [0.15, 0.2) is 5.13 Å². The van der Waals surface area contributed by atoms with Gasteiger partial charge >= 0.3 is 0 Å². The molecule has 1 amide bonds. The minimum Gasteiger partial charge on any atom is -0.302 e. The fraction of sp³-hybridized carbons (Fsp3) is 0.0476. The summed E-state index contributed by atoms with van der Waals surface area (Å²) in [4.78, 5) is 17.0. The topological polar surface area (TPSA) is 42.0 Å². The number of nitrogens with one attached hydrogen (secondary N) is 1. The van der Waals surface area contributed by atoms with Crippen molar-refractivity contribution in [1.29, 1.82) is 0 Å². The molecule has 3 aromatic carbocycles. The van der Waals surface area contributed by atoms with Crippen LogP contribution in [0.1, 0.15) is 5.56 Å². The standard InChI is InChI=1S/C21H14Cl2N2OS/c22-15-8-9-17(18(23)11-15)19-12-27-21(24-19)25-20(26)10-14-6-3-5-13-4-1-2-7-16(13)14/h1-9,11-12H,10H2,(H,24,25,26). The molecule has 0 aliphatic heterocycles. The highest BCUT2D eigenvalue weighted by Gasteiger charge is 2.12. The van der Waals surface area contributed by atoms with Crippen LogP contribution in [0, 0.1) is 0 Å². The van der Waals surface area contributed by atoms with Crippen molar-refractivity contribution < 1.29 is 4.79 Å². The van der Waals surface area contributed by atoms with Gasteiger partial charge in [-0.3, -0.25) is 4.79 Å². The van der Waals surface area contributed by atoms with Crippen molar-refractivity contribution in [3.8, 4) is 11.3 Å². The smallest absolute Gasteiger partial charge is 0.230 e. The molecule has 0 saturated heterocycles. The number of thiazole rings is 1. The van der Waals surface area contributed by atoms with Crippen LogP contribution in [0.25, 0.3) is 22.0 Å². The maximum Gasteiger partial charge on any atom is 0.230 e. The van der Waals surface area contributed by atoms with Gasteiger partial charge in [0, 0.05) is 16.0 Å². The lowest BCUT2D eigenvalue weighted by atomic mass is 10.0. The monoisotopic (exact) mass is 412 g/mol. The predicted molar refractivity (Wildman–Crippen MR) is 114 cm³/mol. The molecule has 3 nitrogen and oxygen atoms in total. The molecule has 0 unspecified atom stereocenters. The van der Waals surface area contributed by atoms with E-state index in [1.165, 1.54) is 11.3 Å². The SMILES string of the molecule is O=C(Cc1cccc2ccccc12)Nc1nc(-c2ccc(Cl)cc2Cl)cs1. The van der Waals surface area contributed by atoms with E-state index in [9.17, 15) is 4.79 Å². The lowest BCUT2D eigenvalue weighted by molar-refractivity contribution is -0.115. The Kier molecular flexibility index (Phi) is 5.12. The Morgan fingerprint density at radius 2 is 1.85 bits per heavy atom. The molecule has 0 radical (unpaired) electrons. The van der Waals surface area contributed by atoms with Gasteiger partial charge in [-0.1, -0.05) is 65.7 Å². The number of nitrogens with zero attached hydrogens (tertiary/aromatic N) is 1. The van der Waals surface area contributed by atoms with E-state index >= 15 is 0 Å². The number of fused-ring (bicyclic) bond motifs is 1. The molecule has 0 aliphatic rings. The van der Waals surface area contributed by atoms with Crippen LogP contribution < -0.4 is 5.32 Å². The fourth-order valence-electron chi connectivity index (χ4n) is 2.94. The molecule has 6 heteroatoms. The van der Waals surface area contributed by atoms with Crippen LogP contribution in [0.5, 0.6) is 0 Å². The van der Waals surface area contributed by atoms with Gasteiger partial charge < -0.3 is 5.32 Å². The van der Waals surface area contributed by atoms with Crippen molar-refractivity contribution >= 4 is 56.3 Å². The number of hydrogen-bond acceptors (Lipinski definition) is 3. The Bertz CT molecular complexity index is 1130. The second-order valence-corrected chi connectivity index (χ2v) is 7.73. The lowest BCUT2D eigenvalue weighted by Gasteiger charge is -2.06. The van der Waals surface area contributed by atoms with Crippen LogP contribution in [0.3, 0.4) is 0 Å². The summed E-state index contributed by atoms with van der Waals surface area (Å²) in [6.07, 6.45) is 0.290. The average Bonchev–Trinajstić information content (AvgIpc) is 3.10. The highest BCUT2D eigenvalue weighted by Crippen LogP contribution is 2.32. The minimum absolute atomic E-state index is 0.102. The zero-order chi connectivity index (χ0) is 18.8. The van der Waals surface area contributed by atoms with E-state index in [0.29, 0.717) is 20.9 Å². The maximum absolute atomic E-state index is 12.5. The molecular formula is C21H14Cl2N2OS. The maximum atomic E-state index is 12.5. The molecule has 1 heterocycles. The highest BCUT2D eigenvalue weighted by atomic mass is 35.5. The molecule has 4 rings (SSSR count). The number of rotatable bonds is 4. The van der Waals surface area contributed by atoms with E-state index in [4.69, 9.17) is 23.2 Å². The van der Waals surface area contributed by atoms with Gasteiger partial charge in [0.1, 0.15) is 0 Å². The Labute approximate surface area is 170 Å². The Morgan fingerprint density at radius 1 is 1.04 bits per heavy atom. The third-order valence-electron chi connectivity index (χ3n) is 4.19. The summed E-state index contributed by atoms with van der Waals surface area (Å²) >= 11 is 13.5. The average molecular weight is 413 g/mol. The number of benzene rings is 3. The number of carbonyl (C=O) groups is 1. The number of hydrogen-bond donors (Lipinski definition) is 1. The van der Waals surface area contributed by atoms with Crippen molar-refractivity contribution in [3.63, 3.8) is 0 Å². The molecular weight excluding hydrogens is 399 g/mol. The first-order chi connectivity index (χ1) is 13.1. The predicted octanol–water partition coefficient (Wildman–Crippen LogP) is 6.45. The van der Waals surface area contributed by atoms with Crippen molar-refractivity contribution in [2.45, 2.75) is 6.42 Å². The van der Waals surface area contributed by atoms with E-state index < -0.39 is 0 Å². The van der Waals surface area contributed by atoms with E-state index in [2.05, 4.69) is 10.3 Å². The molecule has 0 aliphatic carbocycles. The van der Waals surface area contributed by atoms with Crippen LogP contribution in [-0.4, -0.2) is 10.9 Å². The lowest BCUT2D eigenvalue weighted by Crippen LogP contribution is -2.14. The van der Waals surface area contributed by atoms with E-state index in [1.807, 2.05) is 53.9 Å². The van der Waals surface area contributed by atoms with Crippen LogP contribution in [0.15, 0.2) is 66.0 Å². The number of carbonyl (C=O) groups excluding carboxylic acids is 1. The van der Waals surface area contributed by atoms with Crippen molar-refractivity contribution in [2.24, 2.45) is 0 Å². The summed E-state index contributed by atoms with van der Waals surface area (Å²) in [5.41, 5.74) is 2.48. The number of amides is 1. The molecule has 27 heavy (non-hydrogen) atoms. The van der Waals surface area contributed by atoms with Gasteiger partial charge in [-0.2, -0.15) is 0 Å². The summed E-state index contributed by atoms with van der Waals surface area (Å²) < 4.78 is 0. The molecule has 1 aromatic heterocycles. The summed E-state index contributed by atoms with van der Waals surface area (Å²) in [5.74, 6) is -0.102. The molecule has 0 atom stereocenters. The van der Waals surface area contributed by atoms with Gasteiger partial charge in [-0.15, -0.1) is 11.3 Å². The van der Waals surface area contributed by atoms with Gasteiger partial charge in [0.2, 0.25) is 5.91 Å². The zero-order valence-corrected chi connectivity index (χ0v) is 16.4. The van der Waals surface area contributed by atoms with Gasteiger partial charge in [0.05, 0.1) is 17.1 Å². The molecule has 0 saturated carbocycles. The first-order valence-corrected chi connectivity index (χ1v) is 9.91. The van der Waals surface area contributed by atoms with Crippen molar-refractivity contribution in [1.82, 2.24) is 4.98 Å². The van der Waals surface area contributed by atoms with Crippen LogP contribution in [-0.2, 0) is 11.2 Å². The summed E-state index contributed by atoms with van der Waals surface area (Å²) in [6, 6.07) is 19.3. The fourth-order valence-corrected chi connectivity index (χ4v) is 4.17. The van der Waals surface area contributed by atoms with Crippen LogP contribution in [0.2, 0.25) is 10.0 Å². The molecule has 0 bridgehead atoms. The number of halogens is 2. The minimum atomic E-state index is -0.102. The van der Waals surface area contributed by atoms with E-state index in [0.717, 1.165) is 21.9 Å². The third kappa shape index (κ3) is 3.98.